The predicted molar refractivity (Wildman–Crippen MR) is 203 cm³/mol. The lowest BCUT2D eigenvalue weighted by atomic mass is 9.70. The molecule has 3 aliphatic rings. The lowest BCUT2D eigenvalue weighted by molar-refractivity contribution is -0.851. The number of aromatic hydroxyl groups is 1. The molecule has 1 fully saturated rings. The number of nitrogens with zero attached hydrogens (tertiary/aromatic N) is 1. The molecule has 8 heteroatoms. The van der Waals surface area contributed by atoms with E-state index in [1.807, 2.05) is 18.2 Å². The van der Waals surface area contributed by atoms with Crippen LogP contribution < -0.4 is 20.7 Å². The van der Waals surface area contributed by atoms with Gasteiger partial charge in [0.25, 0.3) is 0 Å². The highest BCUT2D eigenvalue weighted by Crippen LogP contribution is 2.50. The summed E-state index contributed by atoms with van der Waals surface area (Å²) in [6.45, 7) is 4.00. The molecule has 3 aromatic carbocycles. The minimum absolute atomic E-state index is 0.0592. The highest BCUT2D eigenvalue weighted by Gasteiger charge is 2.45. The zero-order chi connectivity index (χ0) is 35.6. The largest absolute Gasteiger partial charge is 0.504 e. The maximum atomic E-state index is 12.5. The number of quaternary nitrogens is 1. The molecule has 0 spiro atoms. The molecule has 2 aliphatic heterocycles. The summed E-state index contributed by atoms with van der Waals surface area (Å²) in [5.74, 6) is 0.556. The zero-order valence-electron chi connectivity index (χ0n) is 30.1. The Hall–Kier alpha value is -4.08. The van der Waals surface area contributed by atoms with Crippen LogP contribution in [0.3, 0.4) is 0 Å². The SMILES string of the molecule is CCCCC[C@@H](O)CC(=O)CCc1ccc(O)c(OC[NH+]2C=C3C(C4(c5cccc([C@H](N)NCCc6ccccc6)c5)CCCC4)=CN=C3C2)c1. The highest BCUT2D eigenvalue weighted by molar-refractivity contribution is 6.08. The monoisotopic (exact) mass is 691 g/mol. The Balaban J connectivity index is 1.07. The number of phenolic OH excluding ortho intramolecular Hbond substituents is 1. The topological polar surface area (TPSA) is 122 Å². The van der Waals surface area contributed by atoms with Gasteiger partial charge >= 0.3 is 0 Å². The molecular weight excluding hydrogens is 636 g/mol. The number of aliphatic hydroxyl groups is 1. The van der Waals surface area contributed by atoms with E-state index in [9.17, 15) is 15.0 Å². The number of Topliss-reactive ketones (excluding diaryl/α,β-unsaturated/α-hetero) is 1. The van der Waals surface area contributed by atoms with Crippen LogP contribution in [0, 0.1) is 0 Å². The summed E-state index contributed by atoms with van der Waals surface area (Å²) in [6, 6.07) is 24.6. The number of fused-ring (bicyclic) bond motifs is 1. The number of allylic oxidation sites excluding steroid dienone is 1. The van der Waals surface area contributed by atoms with E-state index in [4.69, 9.17) is 15.5 Å². The van der Waals surface area contributed by atoms with Crippen molar-refractivity contribution in [1.82, 2.24) is 5.32 Å². The maximum absolute atomic E-state index is 12.5. The van der Waals surface area contributed by atoms with Gasteiger partial charge in [-0.2, -0.15) is 0 Å². The van der Waals surface area contributed by atoms with Gasteiger partial charge in [-0.15, -0.1) is 0 Å². The van der Waals surface area contributed by atoms with Gasteiger partial charge in [0.05, 0.1) is 17.8 Å². The van der Waals surface area contributed by atoms with Crippen molar-refractivity contribution < 1.29 is 24.6 Å². The number of aryl methyl sites for hydroxylation is 1. The second-order valence-electron chi connectivity index (χ2n) is 14.6. The number of benzene rings is 3. The number of ketones is 1. The number of hydrogen-bond donors (Lipinski definition) is 5. The normalized spacial score (nSPS) is 18.9. The Morgan fingerprint density at radius 1 is 1.02 bits per heavy atom. The summed E-state index contributed by atoms with van der Waals surface area (Å²) in [7, 11) is 0. The van der Waals surface area contributed by atoms with Gasteiger partial charge in [0.2, 0.25) is 6.73 Å². The Labute approximate surface area is 303 Å². The summed E-state index contributed by atoms with van der Waals surface area (Å²) in [4.78, 5) is 18.5. The first-order valence-electron chi connectivity index (χ1n) is 19.0. The molecule has 3 aromatic rings. The predicted octanol–water partition coefficient (Wildman–Crippen LogP) is 5.98. The molecule has 1 aliphatic carbocycles. The lowest BCUT2D eigenvalue weighted by Gasteiger charge is -2.32. The van der Waals surface area contributed by atoms with E-state index in [1.54, 1.807) is 6.07 Å². The average Bonchev–Trinajstić information content (AvgIpc) is 3.89. The molecule has 0 amide bonds. The van der Waals surface area contributed by atoms with Gasteiger partial charge in [0, 0.05) is 31.0 Å². The molecule has 0 aromatic heterocycles. The van der Waals surface area contributed by atoms with Gasteiger partial charge in [-0.3, -0.25) is 20.0 Å². The van der Waals surface area contributed by atoms with Crippen LogP contribution in [-0.2, 0) is 23.1 Å². The Kier molecular flexibility index (Phi) is 12.5. The van der Waals surface area contributed by atoms with Gasteiger partial charge in [-0.05, 0) is 72.1 Å². The Morgan fingerprint density at radius 3 is 2.65 bits per heavy atom. The van der Waals surface area contributed by atoms with Gasteiger partial charge in [0.1, 0.15) is 24.2 Å². The van der Waals surface area contributed by atoms with Gasteiger partial charge in [0.15, 0.2) is 11.5 Å². The first-order chi connectivity index (χ1) is 24.8. The molecule has 8 nitrogen and oxygen atoms in total. The molecular formula is C43H55N4O4+. The number of phenols is 1. The molecule has 1 saturated carbocycles. The molecule has 270 valence electrons. The second kappa shape index (κ2) is 17.4. The van der Waals surface area contributed by atoms with E-state index in [0.29, 0.717) is 31.7 Å². The van der Waals surface area contributed by atoms with Crippen LogP contribution in [0.1, 0.15) is 99.6 Å². The van der Waals surface area contributed by atoms with E-state index in [1.165, 1.54) is 35.1 Å². The van der Waals surface area contributed by atoms with Crippen molar-refractivity contribution in [2.75, 3.05) is 19.8 Å². The fourth-order valence-electron chi connectivity index (χ4n) is 7.92. The highest BCUT2D eigenvalue weighted by atomic mass is 16.5. The van der Waals surface area contributed by atoms with Crippen molar-refractivity contribution in [1.29, 1.82) is 0 Å². The number of hydrogen-bond acceptors (Lipinski definition) is 7. The summed E-state index contributed by atoms with van der Waals surface area (Å²) in [6.07, 6.45) is 13.8. The third-order valence-corrected chi connectivity index (χ3v) is 10.8. The fraction of sp³-hybridized carbons (Fsp3) is 0.442. The Morgan fingerprint density at radius 2 is 1.84 bits per heavy atom. The van der Waals surface area contributed by atoms with E-state index in [0.717, 1.165) is 73.4 Å². The van der Waals surface area contributed by atoms with Crippen LogP contribution in [0.25, 0.3) is 0 Å². The van der Waals surface area contributed by atoms with Crippen molar-refractivity contribution in [2.45, 2.75) is 102 Å². The van der Waals surface area contributed by atoms with Crippen LogP contribution in [0.2, 0.25) is 0 Å². The molecule has 0 radical (unpaired) electrons. The number of nitrogens with two attached hydrogens (primary N) is 1. The van der Waals surface area contributed by atoms with Crippen LogP contribution in [0.5, 0.6) is 11.5 Å². The van der Waals surface area contributed by atoms with E-state index in [-0.39, 0.29) is 29.5 Å². The standard InChI is InChI=1S/C43H54N4O4/c1-2-3-5-15-35(48)26-36(49)18-16-32-17-19-40(50)41(24-32)51-30-47-28-37-38(27-46-39(37)29-47)43(21-8-9-22-43)34-14-10-13-33(25-34)42(44)45-23-20-31-11-6-4-7-12-31/h4,6-7,10-14,17,19,24-25,27-28,35,42,45,48,50H,2-3,5,8-9,15-16,18,20-23,26,29-30,44H2,1H3/p+1/t35-,42-/m1/s1. The quantitative estimate of drug-likeness (QED) is 0.0779. The molecule has 3 atom stereocenters. The van der Waals surface area contributed by atoms with Crippen molar-refractivity contribution >= 4 is 11.5 Å². The smallest absolute Gasteiger partial charge is 0.227 e. The summed E-state index contributed by atoms with van der Waals surface area (Å²) >= 11 is 0. The maximum Gasteiger partial charge on any atom is 0.227 e. The third-order valence-electron chi connectivity index (χ3n) is 10.8. The number of nitrogens with one attached hydrogen (secondary N) is 2. The third kappa shape index (κ3) is 9.24. The molecule has 0 saturated heterocycles. The lowest BCUT2D eigenvalue weighted by Crippen LogP contribution is -3.07. The molecule has 0 bridgehead atoms. The first kappa shape index (κ1) is 36.7. The second-order valence-corrected chi connectivity index (χ2v) is 14.6. The fourth-order valence-corrected chi connectivity index (χ4v) is 7.92. The average molecular weight is 692 g/mol. The van der Waals surface area contributed by atoms with Crippen LogP contribution in [0.15, 0.2) is 101 Å². The summed E-state index contributed by atoms with van der Waals surface area (Å²) < 4.78 is 6.17. The molecule has 6 rings (SSSR count). The number of unbranched alkanes of at least 4 members (excludes halogenated alkanes) is 2. The number of aliphatic imine (C=N–C) groups is 1. The van der Waals surface area contributed by atoms with Crippen molar-refractivity contribution in [3.8, 4) is 11.5 Å². The van der Waals surface area contributed by atoms with E-state index < -0.39 is 6.10 Å². The van der Waals surface area contributed by atoms with Gasteiger partial charge in [-0.1, -0.05) is 99.7 Å². The molecule has 1 unspecified atom stereocenters. The minimum Gasteiger partial charge on any atom is -0.504 e. The van der Waals surface area contributed by atoms with E-state index in [2.05, 4.69) is 73.2 Å². The summed E-state index contributed by atoms with van der Waals surface area (Å²) in [5, 5.41) is 24.3. The van der Waals surface area contributed by atoms with Crippen molar-refractivity contribution in [3.05, 3.63) is 119 Å². The molecule has 2 heterocycles. The minimum atomic E-state index is -0.565. The molecule has 51 heavy (non-hydrogen) atoms. The van der Waals surface area contributed by atoms with Crippen LogP contribution in [-0.4, -0.2) is 47.6 Å². The number of aliphatic hydroxyl groups excluding tert-OH is 1. The number of carbonyl (C=O) groups excluding carboxylic acids is 1. The number of rotatable bonds is 19. The van der Waals surface area contributed by atoms with Crippen LogP contribution in [0.4, 0.5) is 0 Å². The van der Waals surface area contributed by atoms with Crippen LogP contribution >= 0.6 is 0 Å². The first-order valence-corrected chi connectivity index (χ1v) is 19.0. The Bertz CT molecular complexity index is 1730. The van der Waals surface area contributed by atoms with E-state index >= 15 is 0 Å². The summed E-state index contributed by atoms with van der Waals surface area (Å²) in [5.41, 5.74) is 14.8. The number of ether oxygens (including phenoxy) is 1. The van der Waals surface area contributed by atoms with Gasteiger partial charge in [-0.25, -0.2) is 0 Å². The van der Waals surface area contributed by atoms with Crippen molar-refractivity contribution in [3.63, 3.8) is 0 Å². The van der Waals surface area contributed by atoms with Crippen molar-refractivity contribution in [2.24, 2.45) is 10.7 Å². The number of carbonyl (C=O) groups is 1. The van der Waals surface area contributed by atoms with Gasteiger partial charge < -0.3 is 20.7 Å². The zero-order valence-corrected chi connectivity index (χ0v) is 30.1. The molecule has 6 N–H and O–H groups in total.